The summed E-state index contributed by atoms with van der Waals surface area (Å²) in [6, 6.07) is 12.2. The number of halogens is 3. The van der Waals surface area contributed by atoms with Gasteiger partial charge in [0.15, 0.2) is 5.60 Å². The lowest BCUT2D eigenvalue weighted by atomic mass is 9.93. The highest BCUT2D eigenvalue weighted by Gasteiger charge is 2.41. The average molecular weight is 550 g/mol. The van der Waals surface area contributed by atoms with E-state index in [1.807, 2.05) is 13.0 Å². The second-order valence-corrected chi connectivity index (χ2v) is 10.6. The largest absolute Gasteiger partial charge is 0.375 e. The summed E-state index contributed by atoms with van der Waals surface area (Å²) in [5.74, 6) is -1.73. The summed E-state index contributed by atoms with van der Waals surface area (Å²) in [6.45, 7) is 6.83. The second-order valence-electron chi connectivity index (χ2n) is 10.2. The first-order valence-corrected chi connectivity index (χ1v) is 12.8. The lowest BCUT2D eigenvalue weighted by Crippen LogP contribution is -2.30. The standard InChI is InChI=1S/C30H26ClF2N3O3/c1-15(9-18-5-7-19(32)8-6-18)20-10-17(3)36(28(37)27(20)31)26-13-24(34-14-16(26)2)21-11-25-22(12-23(21)33)30(4,39)29(38)35-25/h5-8,10-15,39H,9H2,1-4H3,(H,35,38). The molecular formula is C30H26ClF2N3O3. The quantitative estimate of drug-likeness (QED) is 0.322. The van der Waals surface area contributed by atoms with E-state index in [0.717, 1.165) is 11.6 Å². The van der Waals surface area contributed by atoms with Gasteiger partial charge in [-0.2, -0.15) is 0 Å². The molecule has 2 atom stereocenters. The molecule has 2 unspecified atom stereocenters. The lowest BCUT2D eigenvalue weighted by Gasteiger charge is -2.19. The van der Waals surface area contributed by atoms with Crippen LogP contribution in [0.15, 0.2) is 59.5 Å². The van der Waals surface area contributed by atoms with Gasteiger partial charge in [0.1, 0.15) is 16.7 Å². The maximum absolute atomic E-state index is 15.2. The van der Waals surface area contributed by atoms with Crippen LogP contribution in [0.1, 0.15) is 47.7 Å². The topological polar surface area (TPSA) is 84.2 Å². The first-order valence-electron chi connectivity index (χ1n) is 12.4. The maximum atomic E-state index is 15.2. The maximum Gasteiger partial charge on any atom is 0.274 e. The van der Waals surface area contributed by atoms with Crippen LogP contribution >= 0.6 is 11.6 Å². The van der Waals surface area contributed by atoms with E-state index in [1.54, 1.807) is 32.0 Å². The Bertz CT molecular complexity index is 1700. The molecule has 0 bridgehead atoms. The Morgan fingerprint density at radius 3 is 2.49 bits per heavy atom. The number of rotatable bonds is 5. The van der Waals surface area contributed by atoms with Crippen molar-refractivity contribution in [1.82, 2.24) is 9.55 Å². The number of aromatic nitrogens is 2. The monoisotopic (exact) mass is 549 g/mol. The summed E-state index contributed by atoms with van der Waals surface area (Å²) in [7, 11) is 0. The van der Waals surface area contributed by atoms with Crippen LogP contribution in [0, 0.1) is 25.5 Å². The smallest absolute Gasteiger partial charge is 0.274 e. The van der Waals surface area contributed by atoms with Crippen LogP contribution in [0.25, 0.3) is 16.9 Å². The fourth-order valence-corrected chi connectivity index (χ4v) is 5.35. The number of pyridine rings is 2. The Morgan fingerprint density at radius 1 is 1.10 bits per heavy atom. The van der Waals surface area contributed by atoms with Crippen LogP contribution in [0.4, 0.5) is 14.5 Å². The zero-order valence-corrected chi connectivity index (χ0v) is 22.5. The van der Waals surface area contributed by atoms with Gasteiger partial charge in [0.25, 0.3) is 11.5 Å². The molecule has 5 rings (SSSR count). The van der Waals surface area contributed by atoms with Gasteiger partial charge in [0, 0.05) is 28.7 Å². The van der Waals surface area contributed by atoms with Crippen molar-refractivity contribution in [3.8, 4) is 16.9 Å². The van der Waals surface area contributed by atoms with E-state index in [9.17, 15) is 19.1 Å². The van der Waals surface area contributed by atoms with Gasteiger partial charge in [-0.3, -0.25) is 19.1 Å². The summed E-state index contributed by atoms with van der Waals surface area (Å²) in [6.07, 6.45) is 2.11. The van der Waals surface area contributed by atoms with Crippen molar-refractivity contribution < 1.29 is 18.7 Å². The van der Waals surface area contributed by atoms with Crippen molar-refractivity contribution in [2.45, 2.75) is 45.6 Å². The minimum absolute atomic E-state index is 0.0710. The SMILES string of the molecule is Cc1cnc(-c2cc3c(cc2F)C(C)(O)C(=O)N3)cc1-n1c(C)cc(C(C)Cc2ccc(F)cc2)c(Cl)c1=O. The molecule has 3 heterocycles. The van der Waals surface area contributed by atoms with Gasteiger partial charge in [0.2, 0.25) is 0 Å². The van der Waals surface area contributed by atoms with E-state index < -0.39 is 22.9 Å². The van der Waals surface area contributed by atoms with Gasteiger partial charge >= 0.3 is 0 Å². The van der Waals surface area contributed by atoms with Gasteiger partial charge in [-0.1, -0.05) is 30.7 Å². The Balaban J connectivity index is 1.56. The molecule has 39 heavy (non-hydrogen) atoms. The lowest BCUT2D eigenvalue weighted by molar-refractivity contribution is -0.131. The number of fused-ring (bicyclic) bond motifs is 1. The third-order valence-corrected chi connectivity index (χ3v) is 7.64. The Labute approximate surface area is 228 Å². The summed E-state index contributed by atoms with van der Waals surface area (Å²) in [5.41, 5.74) is 1.91. The molecule has 6 nitrogen and oxygen atoms in total. The van der Waals surface area contributed by atoms with Crippen molar-refractivity contribution >= 4 is 23.2 Å². The number of benzene rings is 2. The van der Waals surface area contributed by atoms with Crippen molar-refractivity contribution in [2.75, 3.05) is 5.32 Å². The molecule has 2 aromatic heterocycles. The van der Waals surface area contributed by atoms with Gasteiger partial charge in [0.05, 0.1) is 11.4 Å². The average Bonchev–Trinajstić information content (AvgIpc) is 3.10. The molecule has 0 radical (unpaired) electrons. The van der Waals surface area contributed by atoms with E-state index in [1.165, 1.54) is 35.9 Å². The third kappa shape index (κ3) is 4.64. The summed E-state index contributed by atoms with van der Waals surface area (Å²) in [4.78, 5) is 30.0. The van der Waals surface area contributed by atoms with Crippen molar-refractivity contribution in [3.63, 3.8) is 0 Å². The molecular weight excluding hydrogens is 524 g/mol. The number of anilines is 1. The summed E-state index contributed by atoms with van der Waals surface area (Å²) >= 11 is 6.61. The van der Waals surface area contributed by atoms with Gasteiger partial charge in [-0.05, 0) is 86.2 Å². The highest BCUT2D eigenvalue weighted by atomic mass is 35.5. The highest BCUT2D eigenvalue weighted by molar-refractivity contribution is 6.31. The molecule has 200 valence electrons. The highest BCUT2D eigenvalue weighted by Crippen LogP contribution is 2.39. The Morgan fingerprint density at radius 2 is 1.79 bits per heavy atom. The van der Waals surface area contributed by atoms with Gasteiger partial charge in [-0.15, -0.1) is 0 Å². The van der Waals surface area contributed by atoms with Gasteiger partial charge in [-0.25, -0.2) is 8.78 Å². The van der Waals surface area contributed by atoms with Crippen LogP contribution in [-0.4, -0.2) is 20.6 Å². The minimum Gasteiger partial charge on any atom is -0.375 e. The zero-order chi connectivity index (χ0) is 28.2. The van der Waals surface area contributed by atoms with Crippen LogP contribution in [0.2, 0.25) is 5.02 Å². The molecule has 4 aromatic rings. The Hall–Kier alpha value is -3.88. The molecule has 2 N–H and O–H groups in total. The number of nitrogens with zero attached hydrogens (tertiary/aromatic N) is 2. The predicted molar refractivity (Wildman–Crippen MR) is 146 cm³/mol. The number of amides is 1. The number of aliphatic hydroxyl groups is 1. The number of hydrogen-bond acceptors (Lipinski definition) is 4. The Kier molecular flexibility index (Phi) is 6.64. The van der Waals surface area contributed by atoms with E-state index >= 15 is 4.39 Å². The molecule has 1 aliphatic heterocycles. The molecule has 9 heteroatoms. The molecule has 0 saturated heterocycles. The zero-order valence-electron chi connectivity index (χ0n) is 21.8. The van der Waals surface area contributed by atoms with E-state index in [-0.39, 0.29) is 33.6 Å². The van der Waals surface area contributed by atoms with Crippen LogP contribution in [-0.2, 0) is 16.8 Å². The minimum atomic E-state index is -1.84. The molecule has 2 aromatic carbocycles. The number of aryl methyl sites for hydroxylation is 2. The third-order valence-electron chi connectivity index (χ3n) is 7.26. The fourth-order valence-electron chi connectivity index (χ4n) is 5.02. The van der Waals surface area contributed by atoms with Crippen molar-refractivity contribution in [1.29, 1.82) is 0 Å². The molecule has 0 saturated carbocycles. The van der Waals surface area contributed by atoms with Crippen molar-refractivity contribution in [2.24, 2.45) is 0 Å². The van der Waals surface area contributed by atoms with Crippen molar-refractivity contribution in [3.05, 3.63) is 110 Å². The molecule has 1 aliphatic rings. The van der Waals surface area contributed by atoms with E-state index in [2.05, 4.69) is 10.3 Å². The fraction of sp³-hybridized carbons (Fsp3) is 0.233. The first kappa shape index (κ1) is 26.7. The van der Waals surface area contributed by atoms with E-state index in [4.69, 9.17) is 11.6 Å². The number of hydrogen-bond donors (Lipinski definition) is 2. The number of carbonyl (C=O) groups excluding carboxylic acids is 1. The van der Waals surface area contributed by atoms with E-state index in [0.29, 0.717) is 34.6 Å². The molecule has 0 spiro atoms. The molecule has 0 fully saturated rings. The summed E-state index contributed by atoms with van der Waals surface area (Å²) in [5, 5.41) is 13.1. The van der Waals surface area contributed by atoms with Crippen LogP contribution in [0.5, 0.6) is 0 Å². The normalized spacial score (nSPS) is 17.2. The van der Waals surface area contributed by atoms with Crippen LogP contribution in [0.3, 0.4) is 0 Å². The van der Waals surface area contributed by atoms with Gasteiger partial charge < -0.3 is 10.4 Å². The first-order chi connectivity index (χ1) is 18.4. The summed E-state index contributed by atoms with van der Waals surface area (Å²) < 4.78 is 30.0. The number of nitrogens with one attached hydrogen (secondary N) is 1. The number of carbonyl (C=O) groups is 1. The molecule has 1 amide bonds. The van der Waals surface area contributed by atoms with Crippen LogP contribution < -0.4 is 10.9 Å². The molecule has 0 aliphatic carbocycles. The second kappa shape index (κ2) is 9.70. The predicted octanol–water partition coefficient (Wildman–Crippen LogP) is 5.95.